The average Bonchev–Trinajstić information content (AvgIpc) is 3.16. The van der Waals surface area contributed by atoms with Crippen LogP contribution in [0.1, 0.15) is 11.3 Å². The lowest BCUT2D eigenvalue weighted by atomic mass is 10.1. The molecule has 1 aromatic heterocycles. The zero-order valence-electron chi connectivity index (χ0n) is 17.9. The summed E-state index contributed by atoms with van der Waals surface area (Å²) in [5.74, 6) is 0.434. The molecule has 35 heavy (non-hydrogen) atoms. The second kappa shape index (κ2) is 10.2. The van der Waals surface area contributed by atoms with Crippen LogP contribution in [0.15, 0.2) is 65.9 Å². The fourth-order valence-electron chi connectivity index (χ4n) is 3.53. The molecule has 2 heterocycles. The Kier molecular flexibility index (Phi) is 7.25. The Labute approximate surface area is 208 Å². The van der Waals surface area contributed by atoms with E-state index in [2.05, 4.69) is 15.1 Å². The first-order valence-electron chi connectivity index (χ1n) is 10.3. The highest BCUT2D eigenvalue weighted by atomic mass is 35.5. The van der Waals surface area contributed by atoms with Gasteiger partial charge in [-0.05, 0) is 42.5 Å². The summed E-state index contributed by atoms with van der Waals surface area (Å²) in [4.78, 5) is 21.8. The van der Waals surface area contributed by atoms with Gasteiger partial charge in [0.15, 0.2) is 30.2 Å². The van der Waals surface area contributed by atoms with E-state index >= 15 is 0 Å². The van der Waals surface area contributed by atoms with Crippen molar-refractivity contribution in [3.63, 3.8) is 0 Å². The summed E-state index contributed by atoms with van der Waals surface area (Å²) in [6.45, 7) is -0.904. The zero-order chi connectivity index (χ0) is 25.2. The summed E-state index contributed by atoms with van der Waals surface area (Å²) in [5.41, 5.74) is 1.49. The molecule has 0 saturated carbocycles. The molecule has 182 valence electrons. The lowest BCUT2D eigenvalue weighted by Crippen LogP contribution is -2.49. The van der Waals surface area contributed by atoms with Gasteiger partial charge in [-0.15, -0.1) is 0 Å². The SMILES string of the molecule is O=CC1N(Cc2ccnc(-c3ccccc3Cl)n2)N=C(c2ccc(Cl)cc2)N1C[C@H](O)C(F)(F)F. The van der Waals surface area contributed by atoms with E-state index in [1.165, 1.54) is 11.2 Å². The summed E-state index contributed by atoms with van der Waals surface area (Å²) in [7, 11) is 0. The first kappa shape index (κ1) is 24.9. The minimum Gasteiger partial charge on any atom is -0.382 e. The van der Waals surface area contributed by atoms with E-state index < -0.39 is 25.0 Å². The number of benzene rings is 2. The van der Waals surface area contributed by atoms with Crippen LogP contribution in [0.2, 0.25) is 10.0 Å². The number of amidine groups is 1. The number of aliphatic hydroxyl groups is 1. The average molecular weight is 524 g/mol. The molecule has 2 aromatic carbocycles. The number of aliphatic hydroxyl groups excluding tert-OH is 1. The van der Waals surface area contributed by atoms with Crippen molar-refractivity contribution < 1.29 is 23.1 Å². The van der Waals surface area contributed by atoms with Crippen molar-refractivity contribution in [1.29, 1.82) is 0 Å². The van der Waals surface area contributed by atoms with Gasteiger partial charge < -0.3 is 10.0 Å². The summed E-state index contributed by atoms with van der Waals surface area (Å²) >= 11 is 12.2. The van der Waals surface area contributed by atoms with Crippen LogP contribution in [0.3, 0.4) is 0 Å². The van der Waals surface area contributed by atoms with Crippen LogP contribution in [0, 0.1) is 0 Å². The fourth-order valence-corrected chi connectivity index (χ4v) is 3.87. The molecular weight excluding hydrogens is 506 g/mol. The molecule has 1 unspecified atom stereocenters. The lowest BCUT2D eigenvalue weighted by molar-refractivity contribution is -0.207. The van der Waals surface area contributed by atoms with Crippen molar-refractivity contribution in [2.75, 3.05) is 6.54 Å². The number of halogens is 5. The number of hydrogen-bond acceptors (Lipinski definition) is 7. The fraction of sp³-hybridized carbons (Fsp3) is 0.217. The number of carbonyl (C=O) groups excluding carboxylic acids is 1. The van der Waals surface area contributed by atoms with Crippen molar-refractivity contribution in [2.24, 2.45) is 5.10 Å². The molecule has 1 N–H and O–H groups in total. The Morgan fingerprint density at radius 3 is 2.46 bits per heavy atom. The lowest BCUT2D eigenvalue weighted by Gasteiger charge is -2.30. The maximum absolute atomic E-state index is 13.1. The minimum atomic E-state index is -4.87. The Hall–Kier alpha value is -3.21. The Bertz CT molecular complexity index is 1240. The third kappa shape index (κ3) is 5.55. The van der Waals surface area contributed by atoms with Crippen LogP contribution >= 0.6 is 23.2 Å². The Morgan fingerprint density at radius 1 is 1.09 bits per heavy atom. The van der Waals surface area contributed by atoms with Crippen LogP contribution in [-0.2, 0) is 11.3 Å². The van der Waals surface area contributed by atoms with E-state index in [1.54, 1.807) is 54.6 Å². The Balaban J connectivity index is 1.67. The molecule has 12 heteroatoms. The number of β-amino-alcohol motifs (C(OH)–C–C–N with tert-alkyl or cyclic N) is 1. The molecule has 0 spiro atoms. The molecule has 0 aliphatic carbocycles. The van der Waals surface area contributed by atoms with Crippen molar-refractivity contribution in [3.05, 3.63) is 82.1 Å². The van der Waals surface area contributed by atoms with Crippen molar-refractivity contribution in [1.82, 2.24) is 19.9 Å². The van der Waals surface area contributed by atoms with E-state index in [9.17, 15) is 23.1 Å². The number of hydrazone groups is 1. The smallest absolute Gasteiger partial charge is 0.382 e. The maximum Gasteiger partial charge on any atom is 0.416 e. The van der Waals surface area contributed by atoms with Gasteiger partial charge in [0.1, 0.15) is 0 Å². The predicted molar refractivity (Wildman–Crippen MR) is 125 cm³/mol. The quantitative estimate of drug-likeness (QED) is 0.463. The zero-order valence-corrected chi connectivity index (χ0v) is 19.4. The van der Waals surface area contributed by atoms with Crippen molar-refractivity contribution in [3.8, 4) is 11.4 Å². The number of nitrogens with zero attached hydrogens (tertiary/aromatic N) is 5. The van der Waals surface area contributed by atoms with Gasteiger partial charge in [-0.3, -0.25) is 9.80 Å². The molecule has 0 amide bonds. The maximum atomic E-state index is 13.1. The standard InChI is InChI=1S/C23H18Cl2F3N5O2/c24-15-7-5-14(6-8-15)22-31-33(20(13-34)32(22)12-19(35)23(26,27)28)11-16-9-10-29-21(30-16)17-3-1-2-4-18(17)25/h1-10,13,19-20,35H,11-12H2/t19-,20?/m0/s1. The van der Waals surface area contributed by atoms with Crippen molar-refractivity contribution in [2.45, 2.75) is 25.0 Å². The summed E-state index contributed by atoms with van der Waals surface area (Å²) < 4.78 is 39.4. The first-order chi connectivity index (χ1) is 16.7. The van der Waals surface area contributed by atoms with Gasteiger partial charge in [0, 0.05) is 22.3 Å². The highest BCUT2D eigenvalue weighted by molar-refractivity contribution is 6.33. The largest absolute Gasteiger partial charge is 0.416 e. The van der Waals surface area contributed by atoms with E-state index in [1.807, 2.05) is 0 Å². The minimum absolute atomic E-state index is 0.0148. The highest BCUT2D eigenvalue weighted by Gasteiger charge is 2.44. The van der Waals surface area contributed by atoms with Gasteiger partial charge in [0.2, 0.25) is 0 Å². The van der Waals surface area contributed by atoms with Gasteiger partial charge in [-0.2, -0.15) is 18.3 Å². The van der Waals surface area contributed by atoms with Gasteiger partial charge in [-0.25, -0.2) is 9.97 Å². The molecule has 1 aliphatic rings. The van der Waals surface area contributed by atoms with E-state index in [-0.39, 0.29) is 12.4 Å². The van der Waals surface area contributed by atoms with E-state index in [4.69, 9.17) is 23.2 Å². The second-order valence-electron chi connectivity index (χ2n) is 7.64. The highest BCUT2D eigenvalue weighted by Crippen LogP contribution is 2.28. The molecule has 2 atom stereocenters. The van der Waals surface area contributed by atoms with Crippen LogP contribution in [0.4, 0.5) is 13.2 Å². The molecule has 3 aromatic rings. The molecule has 0 bridgehead atoms. The third-order valence-electron chi connectivity index (χ3n) is 5.24. The molecule has 0 radical (unpaired) electrons. The molecule has 0 fully saturated rings. The van der Waals surface area contributed by atoms with Gasteiger partial charge in [0.05, 0.1) is 23.8 Å². The van der Waals surface area contributed by atoms with E-state index in [0.717, 1.165) is 4.90 Å². The number of rotatable bonds is 7. The van der Waals surface area contributed by atoms with Gasteiger partial charge >= 0.3 is 6.18 Å². The summed E-state index contributed by atoms with van der Waals surface area (Å²) in [6, 6.07) is 14.8. The predicted octanol–water partition coefficient (Wildman–Crippen LogP) is 4.38. The topological polar surface area (TPSA) is 81.9 Å². The van der Waals surface area contributed by atoms with E-state index in [0.29, 0.717) is 39.0 Å². The number of alkyl halides is 3. The second-order valence-corrected chi connectivity index (χ2v) is 8.48. The molecular formula is C23H18Cl2F3N5O2. The number of carbonyl (C=O) groups is 1. The van der Waals surface area contributed by atoms with Gasteiger partial charge in [-0.1, -0.05) is 35.3 Å². The monoisotopic (exact) mass is 523 g/mol. The number of hydrogen-bond donors (Lipinski definition) is 1. The summed E-state index contributed by atoms with van der Waals surface area (Å²) in [6.07, 6.45) is -6.79. The molecule has 0 saturated heterocycles. The number of aromatic nitrogens is 2. The van der Waals surface area contributed by atoms with Crippen LogP contribution in [-0.4, -0.2) is 62.1 Å². The molecule has 1 aliphatic heterocycles. The molecule has 7 nitrogen and oxygen atoms in total. The third-order valence-corrected chi connectivity index (χ3v) is 5.83. The van der Waals surface area contributed by atoms with Crippen LogP contribution in [0.25, 0.3) is 11.4 Å². The first-order valence-corrected chi connectivity index (χ1v) is 11.1. The normalized spacial score (nSPS) is 16.9. The van der Waals surface area contributed by atoms with Gasteiger partial charge in [0.25, 0.3) is 0 Å². The number of aldehydes is 1. The van der Waals surface area contributed by atoms with Crippen molar-refractivity contribution >= 4 is 35.3 Å². The van der Waals surface area contributed by atoms with Crippen LogP contribution < -0.4 is 0 Å². The van der Waals surface area contributed by atoms with Crippen LogP contribution in [0.5, 0.6) is 0 Å². The summed E-state index contributed by atoms with van der Waals surface area (Å²) in [5, 5.41) is 16.3. The Morgan fingerprint density at radius 2 is 1.80 bits per heavy atom. The molecule has 4 rings (SSSR count).